The van der Waals surface area contributed by atoms with E-state index in [-0.39, 0.29) is 6.54 Å². The Morgan fingerprint density at radius 3 is 2.75 bits per heavy atom. The lowest BCUT2D eigenvalue weighted by Crippen LogP contribution is -2.44. The van der Waals surface area contributed by atoms with Crippen molar-refractivity contribution in [3.8, 4) is 0 Å². The van der Waals surface area contributed by atoms with E-state index in [0.717, 1.165) is 0 Å². The number of carbonyl (C=O) groups excluding carboxylic acids is 1. The van der Waals surface area contributed by atoms with Crippen LogP contribution in [-0.4, -0.2) is 31.2 Å². The number of anilines is 2. The molecule has 1 aliphatic heterocycles. The third-order valence-corrected chi connectivity index (χ3v) is 3.35. The second-order valence-corrected chi connectivity index (χ2v) is 5.04. The van der Waals surface area contributed by atoms with Crippen LogP contribution in [0.1, 0.15) is 6.42 Å². The molecule has 1 aromatic carbocycles. The quantitative estimate of drug-likeness (QED) is 0.823. The minimum absolute atomic E-state index is 0.285. The Hall–Kier alpha value is -1.63. The summed E-state index contributed by atoms with van der Waals surface area (Å²) in [5.41, 5.74) is 6.99. The van der Waals surface area contributed by atoms with Gasteiger partial charge in [-0.3, -0.25) is 4.79 Å². The summed E-state index contributed by atoms with van der Waals surface area (Å²) < 4.78 is 36.5. The number of nitrogens with zero attached hydrogens (tertiary/aromatic N) is 1. The molecule has 1 aliphatic rings. The fraction of sp³-hybridized carbons (Fsp3) is 0.417. The van der Waals surface area contributed by atoms with Crippen molar-refractivity contribution < 1.29 is 18.0 Å². The molecule has 0 spiro atoms. The fourth-order valence-corrected chi connectivity index (χ4v) is 2.36. The highest BCUT2D eigenvalue weighted by molar-refractivity contribution is 6.31. The summed E-state index contributed by atoms with van der Waals surface area (Å²) in [6.07, 6.45) is -4.42. The summed E-state index contributed by atoms with van der Waals surface area (Å²) in [5.74, 6) is -1.91. The van der Waals surface area contributed by atoms with Crippen molar-refractivity contribution in [3.05, 3.63) is 23.2 Å². The molecule has 4 nitrogen and oxygen atoms in total. The Kier molecular flexibility index (Phi) is 3.99. The lowest BCUT2D eigenvalue weighted by atomic mass is 10.2. The largest absolute Gasteiger partial charge is 0.471 e. The average molecular weight is 308 g/mol. The van der Waals surface area contributed by atoms with E-state index in [2.05, 4.69) is 0 Å². The number of hydrogen-bond donors (Lipinski definition) is 2. The van der Waals surface area contributed by atoms with Gasteiger partial charge in [-0.2, -0.15) is 13.2 Å². The highest BCUT2D eigenvalue weighted by Gasteiger charge is 2.40. The molecule has 0 unspecified atom stereocenters. The molecule has 0 saturated carbocycles. The third-order valence-electron chi connectivity index (χ3n) is 3.11. The molecule has 0 bridgehead atoms. The molecule has 1 heterocycles. The Morgan fingerprint density at radius 1 is 1.45 bits per heavy atom. The van der Waals surface area contributed by atoms with Gasteiger partial charge in [0.25, 0.3) is 0 Å². The SMILES string of the molecule is Nc1cc(Cl)ccc1N1CC[C@H](NC(=O)C(F)(F)F)C1. The Bertz CT molecular complexity index is 521. The predicted octanol–water partition coefficient (Wildman–Crippen LogP) is 2.18. The number of rotatable bonds is 2. The number of nitrogen functional groups attached to an aromatic ring is 1. The molecule has 1 fully saturated rings. The molecule has 1 saturated heterocycles. The predicted molar refractivity (Wildman–Crippen MR) is 70.7 cm³/mol. The monoisotopic (exact) mass is 307 g/mol. The number of carbonyl (C=O) groups is 1. The molecule has 1 amide bonds. The van der Waals surface area contributed by atoms with Gasteiger partial charge in [0, 0.05) is 24.2 Å². The number of nitrogens with one attached hydrogen (secondary N) is 1. The van der Waals surface area contributed by atoms with Crippen molar-refractivity contribution >= 4 is 28.9 Å². The number of halogens is 4. The van der Waals surface area contributed by atoms with E-state index in [1.54, 1.807) is 18.2 Å². The molecule has 3 N–H and O–H groups in total. The first-order chi connectivity index (χ1) is 9.27. The maximum Gasteiger partial charge on any atom is 0.471 e. The van der Waals surface area contributed by atoms with Gasteiger partial charge in [-0.15, -0.1) is 0 Å². The number of nitrogens with two attached hydrogens (primary N) is 1. The molecular weight excluding hydrogens is 295 g/mol. The minimum Gasteiger partial charge on any atom is -0.397 e. The van der Waals surface area contributed by atoms with E-state index in [1.807, 2.05) is 10.2 Å². The van der Waals surface area contributed by atoms with Gasteiger partial charge in [-0.1, -0.05) is 11.6 Å². The van der Waals surface area contributed by atoms with Crippen molar-refractivity contribution in [1.29, 1.82) is 0 Å². The second kappa shape index (κ2) is 5.40. The van der Waals surface area contributed by atoms with E-state index >= 15 is 0 Å². The number of amides is 1. The van der Waals surface area contributed by atoms with Crippen molar-refractivity contribution in [3.63, 3.8) is 0 Å². The van der Waals surface area contributed by atoms with Crippen molar-refractivity contribution in [2.24, 2.45) is 0 Å². The normalized spacial score (nSPS) is 19.2. The highest BCUT2D eigenvalue weighted by atomic mass is 35.5. The first kappa shape index (κ1) is 14.8. The number of alkyl halides is 3. The highest BCUT2D eigenvalue weighted by Crippen LogP contribution is 2.29. The average Bonchev–Trinajstić information content (AvgIpc) is 2.76. The van der Waals surface area contributed by atoms with Gasteiger partial charge in [0.05, 0.1) is 11.4 Å². The van der Waals surface area contributed by atoms with Gasteiger partial charge in [0.2, 0.25) is 0 Å². The van der Waals surface area contributed by atoms with Gasteiger partial charge in [-0.05, 0) is 24.6 Å². The molecule has 0 radical (unpaired) electrons. The van der Waals surface area contributed by atoms with Crippen LogP contribution in [0.4, 0.5) is 24.5 Å². The first-order valence-electron chi connectivity index (χ1n) is 5.95. The van der Waals surface area contributed by atoms with E-state index in [4.69, 9.17) is 17.3 Å². The number of benzene rings is 1. The zero-order chi connectivity index (χ0) is 14.9. The van der Waals surface area contributed by atoms with Crippen LogP contribution in [0.3, 0.4) is 0 Å². The topological polar surface area (TPSA) is 58.4 Å². The molecule has 2 rings (SSSR count). The standard InChI is InChI=1S/C12H13ClF3N3O/c13-7-1-2-10(9(17)5-7)19-4-3-8(6-19)18-11(20)12(14,15)16/h1-2,5,8H,3-4,6,17H2,(H,18,20)/t8-/m0/s1. The van der Waals surface area contributed by atoms with Gasteiger partial charge in [0.1, 0.15) is 0 Å². The van der Waals surface area contributed by atoms with Crippen LogP contribution in [0.25, 0.3) is 0 Å². The van der Waals surface area contributed by atoms with E-state index in [1.165, 1.54) is 0 Å². The van der Waals surface area contributed by atoms with Crippen LogP contribution in [0.5, 0.6) is 0 Å². The summed E-state index contributed by atoms with van der Waals surface area (Å²) in [5, 5.41) is 2.47. The summed E-state index contributed by atoms with van der Waals surface area (Å²) in [4.78, 5) is 12.7. The second-order valence-electron chi connectivity index (χ2n) is 4.61. The van der Waals surface area contributed by atoms with Crippen LogP contribution in [0, 0.1) is 0 Å². The molecule has 1 atom stereocenters. The molecule has 1 aromatic rings. The third kappa shape index (κ3) is 3.27. The van der Waals surface area contributed by atoms with Gasteiger partial charge in [0.15, 0.2) is 0 Å². The Labute approximate surface area is 118 Å². The fourth-order valence-electron chi connectivity index (χ4n) is 2.18. The Balaban J connectivity index is 2.00. The number of hydrogen-bond acceptors (Lipinski definition) is 3. The zero-order valence-electron chi connectivity index (χ0n) is 10.4. The maximum atomic E-state index is 12.2. The first-order valence-corrected chi connectivity index (χ1v) is 6.33. The summed E-state index contributed by atoms with van der Waals surface area (Å²) in [7, 11) is 0. The van der Waals surface area contributed by atoms with Gasteiger partial charge < -0.3 is 16.0 Å². The van der Waals surface area contributed by atoms with Crippen LogP contribution < -0.4 is 16.0 Å². The molecule has 110 valence electrons. The van der Waals surface area contributed by atoms with Gasteiger partial charge >= 0.3 is 12.1 Å². The summed E-state index contributed by atoms with van der Waals surface area (Å²) in [6, 6.07) is 4.41. The van der Waals surface area contributed by atoms with E-state index < -0.39 is 18.1 Å². The van der Waals surface area contributed by atoms with Crippen LogP contribution in [0.2, 0.25) is 5.02 Å². The van der Waals surface area contributed by atoms with Crippen LogP contribution in [0.15, 0.2) is 18.2 Å². The van der Waals surface area contributed by atoms with E-state index in [9.17, 15) is 18.0 Å². The molecule has 0 aromatic heterocycles. The van der Waals surface area contributed by atoms with Crippen molar-refractivity contribution in [2.45, 2.75) is 18.6 Å². The zero-order valence-corrected chi connectivity index (χ0v) is 11.1. The van der Waals surface area contributed by atoms with Gasteiger partial charge in [-0.25, -0.2) is 0 Å². The molecule has 8 heteroatoms. The lowest BCUT2D eigenvalue weighted by molar-refractivity contribution is -0.174. The minimum atomic E-state index is -4.85. The summed E-state index contributed by atoms with van der Waals surface area (Å²) >= 11 is 5.79. The van der Waals surface area contributed by atoms with Crippen LogP contribution >= 0.6 is 11.6 Å². The molecular formula is C12H13ClF3N3O. The maximum absolute atomic E-state index is 12.2. The molecule has 20 heavy (non-hydrogen) atoms. The van der Waals surface area contributed by atoms with E-state index in [0.29, 0.717) is 29.4 Å². The summed E-state index contributed by atoms with van der Waals surface area (Å²) in [6.45, 7) is 0.808. The smallest absolute Gasteiger partial charge is 0.397 e. The van der Waals surface area contributed by atoms with Crippen LogP contribution in [-0.2, 0) is 4.79 Å². The van der Waals surface area contributed by atoms with Crippen molar-refractivity contribution in [1.82, 2.24) is 5.32 Å². The van der Waals surface area contributed by atoms with Crippen molar-refractivity contribution in [2.75, 3.05) is 23.7 Å². The lowest BCUT2D eigenvalue weighted by Gasteiger charge is -2.21. The Morgan fingerprint density at radius 2 is 2.15 bits per heavy atom. The molecule has 0 aliphatic carbocycles.